The van der Waals surface area contributed by atoms with Crippen molar-refractivity contribution in [2.24, 2.45) is 0 Å². The third-order valence-corrected chi connectivity index (χ3v) is 3.24. The van der Waals surface area contributed by atoms with Crippen LogP contribution in [-0.4, -0.2) is 34.2 Å². The van der Waals surface area contributed by atoms with E-state index in [1.165, 1.54) is 0 Å². The normalized spacial score (nSPS) is 16.5. The number of hydrogen-bond acceptors (Lipinski definition) is 5. The Hall–Kier alpha value is -2.70. The Labute approximate surface area is 140 Å². The van der Waals surface area contributed by atoms with Gasteiger partial charge in [-0.2, -0.15) is 5.10 Å². The van der Waals surface area contributed by atoms with Crippen LogP contribution in [0.2, 0.25) is 0 Å². The molecule has 0 spiro atoms. The minimum Gasteiger partial charge on any atom is -0.486 e. The number of carbonyl (C=O) groups is 1. The van der Waals surface area contributed by atoms with Gasteiger partial charge in [-0.1, -0.05) is 12.1 Å². The second kappa shape index (κ2) is 6.43. The molecule has 0 unspecified atom stereocenters. The van der Waals surface area contributed by atoms with Gasteiger partial charge in [0.25, 0.3) is 0 Å². The number of rotatable bonds is 3. The lowest BCUT2D eigenvalue weighted by Crippen LogP contribution is -2.33. The van der Waals surface area contributed by atoms with Crippen LogP contribution in [0.25, 0.3) is 0 Å². The van der Waals surface area contributed by atoms with Gasteiger partial charge >= 0.3 is 6.09 Å². The molecule has 24 heavy (non-hydrogen) atoms. The molecule has 0 saturated heterocycles. The lowest BCUT2D eigenvalue weighted by molar-refractivity contribution is 0.0636. The van der Waals surface area contributed by atoms with Crippen LogP contribution in [0.3, 0.4) is 0 Å². The summed E-state index contributed by atoms with van der Waals surface area (Å²) in [6.07, 6.45) is 2.65. The van der Waals surface area contributed by atoms with Gasteiger partial charge in [0.1, 0.15) is 12.2 Å². The molecule has 0 aliphatic carbocycles. The van der Waals surface area contributed by atoms with E-state index in [4.69, 9.17) is 14.2 Å². The summed E-state index contributed by atoms with van der Waals surface area (Å²) in [4.78, 5) is 11.7. The van der Waals surface area contributed by atoms with Crippen LogP contribution < -0.4 is 14.8 Å². The van der Waals surface area contributed by atoms with E-state index in [1.54, 1.807) is 17.1 Å². The molecular weight excluding hydrogens is 310 g/mol. The summed E-state index contributed by atoms with van der Waals surface area (Å²) >= 11 is 0. The predicted molar refractivity (Wildman–Crippen MR) is 88.4 cm³/mol. The van der Waals surface area contributed by atoms with Crippen molar-refractivity contribution in [1.29, 1.82) is 0 Å². The van der Waals surface area contributed by atoms with Crippen LogP contribution in [0.1, 0.15) is 20.8 Å². The second-order valence-electron chi connectivity index (χ2n) is 6.58. The number of carbonyl (C=O) groups excluding carboxylic acids is 1. The van der Waals surface area contributed by atoms with Gasteiger partial charge in [0.2, 0.25) is 0 Å². The summed E-state index contributed by atoms with van der Waals surface area (Å²) in [7, 11) is 0. The van der Waals surface area contributed by atoms with Gasteiger partial charge in [-0.05, 0) is 32.9 Å². The smallest absolute Gasteiger partial charge is 0.412 e. The topological polar surface area (TPSA) is 74.6 Å². The van der Waals surface area contributed by atoms with Crippen molar-refractivity contribution < 1.29 is 19.0 Å². The molecule has 7 heteroatoms. The number of benzene rings is 1. The highest BCUT2D eigenvalue weighted by atomic mass is 16.6. The molecule has 2 aromatic rings. The van der Waals surface area contributed by atoms with E-state index in [0.717, 1.165) is 11.5 Å². The molecule has 0 bridgehead atoms. The van der Waals surface area contributed by atoms with E-state index in [9.17, 15) is 4.79 Å². The zero-order valence-corrected chi connectivity index (χ0v) is 14.0. The zero-order chi connectivity index (χ0) is 17.2. The van der Waals surface area contributed by atoms with Gasteiger partial charge < -0.3 is 14.2 Å². The fourth-order valence-corrected chi connectivity index (χ4v) is 2.31. The van der Waals surface area contributed by atoms with Crippen molar-refractivity contribution in [2.75, 3.05) is 11.9 Å². The van der Waals surface area contributed by atoms with Gasteiger partial charge in [0, 0.05) is 6.20 Å². The summed E-state index contributed by atoms with van der Waals surface area (Å²) in [5.41, 5.74) is 0.0298. The molecule has 2 heterocycles. The molecule has 1 aromatic carbocycles. The minimum absolute atomic E-state index is 0.144. The van der Waals surface area contributed by atoms with Gasteiger partial charge in [-0.3, -0.25) is 10.00 Å². The van der Waals surface area contributed by atoms with Crippen LogP contribution >= 0.6 is 0 Å². The molecule has 1 aliphatic rings. The molecule has 0 saturated carbocycles. The fourth-order valence-electron chi connectivity index (χ4n) is 2.31. The molecular formula is C17H21N3O4. The highest BCUT2D eigenvalue weighted by molar-refractivity contribution is 5.84. The molecule has 7 nitrogen and oxygen atoms in total. The van der Waals surface area contributed by atoms with Crippen LogP contribution in [0.4, 0.5) is 10.5 Å². The quantitative estimate of drug-likeness (QED) is 0.935. The van der Waals surface area contributed by atoms with Gasteiger partial charge in [-0.25, -0.2) is 4.79 Å². The monoisotopic (exact) mass is 331 g/mol. The number of fused-ring (bicyclic) bond motifs is 1. The Balaban J connectivity index is 1.56. The van der Waals surface area contributed by atoms with Crippen molar-refractivity contribution in [2.45, 2.75) is 39.0 Å². The maximum atomic E-state index is 11.7. The molecule has 1 amide bonds. The Bertz CT molecular complexity index is 721. The summed E-state index contributed by atoms with van der Waals surface area (Å²) in [5.74, 6) is 1.48. The predicted octanol–water partition coefficient (Wildman–Crippen LogP) is 3.07. The van der Waals surface area contributed by atoms with Gasteiger partial charge in [0.15, 0.2) is 17.6 Å². The average Bonchev–Trinajstić information content (AvgIpc) is 2.92. The number of nitrogens with one attached hydrogen (secondary N) is 1. The van der Waals surface area contributed by atoms with Crippen molar-refractivity contribution in [1.82, 2.24) is 9.78 Å². The van der Waals surface area contributed by atoms with Crippen molar-refractivity contribution >= 4 is 11.8 Å². The summed E-state index contributed by atoms with van der Waals surface area (Å²) in [6.45, 7) is 6.41. The fraction of sp³-hybridized carbons (Fsp3) is 0.412. The van der Waals surface area contributed by atoms with Crippen molar-refractivity contribution in [3.8, 4) is 11.5 Å². The number of nitrogens with zero attached hydrogens (tertiary/aromatic N) is 2. The van der Waals surface area contributed by atoms with Crippen LogP contribution in [0.5, 0.6) is 11.5 Å². The number of para-hydroxylation sites is 2. The maximum Gasteiger partial charge on any atom is 0.412 e. The Morgan fingerprint density at radius 3 is 2.88 bits per heavy atom. The lowest BCUT2D eigenvalue weighted by Gasteiger charge is -2.26. The number of anilines is 1. The Morgan fingerprint density at radius 1 is 1.38 bits per heavy atom. The molecule has 1 N–H and O–H groups in total. The lowest BCUT2D eigenvalue weighted by atomic mass is 10.2. The third kappa shape index (κ3) is 4.18. The highest BCUT2D eigenvalue weighted by Gasteiger charge is 2.22. The largest absolute Gasteiger partial charge is 0.486 e. The molecule has 1 atom stereocenters. The molecule has 3 rings (SSSR count). The number of ether oxygens (including phenoxy) is 3. The Morgan fingerprint density at radius 2 is 2.12 bits per heavy atom. The molecule has 128 valence electrons. The first-order chi connectivity index (χ1) is 11.4. The van der Waals surface area contributed by atoms with Crippen LogP contribution in [-0.2, 0) is 11.3 Å². The zero-order valence-electron chi connectivity index (χ0n) is 14.0. The van der Waals surface area contributed by atoms with Crippen LogP contribution in [0, 0.1) is 0 Å². The van der Waals surface area contributed by atoms with Gasteiger partial charge in [-0.15, -0.1) is 0 Å². The van der Waals surface area contributed by atoms with E-state index in [2.05, 4.69) is 10.4 Å². The number of aromatic nitrogens is 2. The minimum atomic E-state index is -0.541. The second-order valence-corrected chi connectivity index (χ2v) is 6.58. The van der Waals surface area contributed by atoms with Crippen LogP contribution in [0.15, 0.2) is 36.7 Å². The van der Waals surface area contributed by atoms with Gasteiger partial charge in [0.05, 0.1) is 18.4 Å². The van der Waals surface area contributed by atoms with Crippen molar-refractivity contribution in [3.63, 3.8) is 0 Å². The Kier molecular flexibility index (Phi) is 4.33. The van der Waals surface area contributed by atoms with E-state index in [1.807, 2.05) is 45.0 Å². The van der Waals surface area contributed by atoms with E-state index in [-0.39, 0.29) is 6.10 Å². The molecule has 0 radical (unpaired) electrons. The molecule has 1 aromatic heterocycles. The first kappa shape index (κ1) is 16.2. The van der Waals surface area contributed by atoms with E-state index in [0.29, 0.717) is 18.8 Å². The molecule has 1 aliphatic heterocycles. The highest BCUT2D eigenvalue weighted by Crippen LogP contribution is 2.31. The van der Waals surface area contributed by atoms with E-state index >= 15 is 0 Å². The maximum absolute atomic E-state index is 11.7. The number of hydrogen-bond donors (Lipinski definition) is 1. The molecule has 0 fully saturated rings. The third-order valence-electron chi connectivity index (χ3n) is 3.24. The number of amides is 1. The first-order valence-electron chi connectivity index (χ1n) is 7.80. The summed E-state index contributed by atoms with van der Waals surface area (Å²) in [5, 5.41) is 6.88. The SMILES string of the molecule is CC(C)(C)OC(=O)Nc1cnn(C[C@@H]2COc3ccccc3O2)c1. The summed E-state index contributed by atoms with van der Waals surface area (Å²) in [6, 6.07) is 7.56. The summed E-state index contributed by atoms with van der Waals surface area (Å²) < 4.78 is 18.5. The van der Waals surface area contributed by atoms with Crippen molar-refractivity contribution in [3.05, 3.63) is 36.7 Å². The van der Waals surface area contributed by atoms with E-state index < -0.39 is 11.7 Å². The average molecular weight is 331 g/mol. The standard InChI is InChI=1S/C17H21N3O4/c1-17(2,3)24-16(21)19-12-8-18-20(9-12)10-13-11-22-14-6-4-5-7-15(14)23-13/h4-9,13H,10-11H2,1-3H3,(H,19,21)/t13-/m1/s1. The first-order valence-corrected chi connectivity index (χ1v) is 7.80.